The van der Waals surface area contributed by atoms with Crippen molar-refractivity contribution in [1.82, 2.24) is 5.32 Å². The lowest BCUT2D eigenvalue weighted by Crippen LogP contribution is -2.18. The molecule has 0 unspecified atom stereocenters. The van der Waals surface area contributed by atoms with E-state index in [0.717, 1.165) is 11.0 Å². The van der Waals surface area contributed by atoms with E-state index in [1.807, 2.05) is 0 Å². The lowest BCUT2D eigenvalue weighted by Gasteiger charge is -2.15. The molecular weight excluding hydrogens is 322 g/mol. The van der Waals surface area contributed by atoms with E-state index >= 15 is 0 Å². The fraction of sp³-hybridized carbons (Fsp3) is 0.158. The molecule has 106 valence electrons. The molecular formula is C19H18BrN. The Labute approximate surface area is 134 Å². The summed E-state index contributed by atoms with van der Waals surface area (Å²) in [6.07, 6.45) is 0. The second-order valence-corrected chi connectivity index (χ2v) is 6.21. The smallest absolute Gasteiger partial charge is 0.0294 e. The standard InChI is InChI=1S/C19H18BrN/c1-14(15-9-11-18(20)12-10-15)21-13-17-7-4-6-16-5-2-3-8-19(16)17/h2-12,14,21H,13H2,1H3/t14-/m1/s1. The number of hydrogen-bond acceptors (Lipinski definition) is 1. The summed E-state index contributed by atoms with van der Waals surface area (Å²) in [4.78, 5) is 0. The minimum Gasteiger partial charge on any atom is -0.306 e. The van der Waals surface area contributed by atoms with Crippen LogP contribution in [0.4, 0.5) is 0 Å². The predicted octanol–water partition coefficient (Wildman–Crippen LogP) is 5.45. The molecule has 0 saturated heterocycles. The molecule has 3 aromatic rings. The molecule has 3 rings (SSSR count). The lowest BCUT2D eigenvalue weighted by atomic mass is 10.0. The molecule has 0 aliphatic heterocycles. The summed E-state index contributed by atoms with van der Waals surface area (Å²) in [5, 5.41) is 6.24. The molecule has 0 fully saturated rings. The van der Waals surface area contributed by atoms with Gasteiger partial charge in [0.05, 0.1) is 0 Å². The third-order valence-electron chi connectivity index (χ3n) is 3.85. The quantitative estimate of drug-likeness (QED) is 0.666. The minimum absolute atomic E-state index is 0.331. The molecule has 1 atom stereocenters. The van der Waals surface area contributed by atoms with Gasteiger partial charge in [0, 0.05) is 17.1 Å². The van der Waals surface area contributed by atoms with Gasteiger partial charge in [-0.15, -0.1) is 0 Å². The van der Waals surface area contributed by atoms with E-state index in [1.54, 1.807) is 0 Å². The molecule has 0 saturated carbocycles. The molecule has 0 amide bonds. The van der Waals surface area contributed by atoms with Crippen LogP contribution in [0.1, 0.15) is 24.1 Å². The number of halogens is 1. The Morgan fingerprint density at radius 3 is 2.43 bits per heavy atom. The van der Waals surface area contributed by atoms with Gasteiger partial charge in [0.2, 0.25) is 0 Å². The fourth-order valence-electron chi connectivity index (χ4n) is 2.58. The van der Waals surface area contributed by atoms with Crippen LogP contribution in [0, 0.1) is 0 Å². The number of nitrogens with one attached hydrogen (secondary N) is 1. The number of fused-ring (bicyclic) bond motifs is 1. The van der Waals surface area contributed by atoms with E-state index in [2.05, 4.69) is 94.9 Å². The number of benzene rings is 3. The molecule has 0 heterocycles. The molecule has 0 bridgehead atoms. The molecule has 0 spiro atoms. The summed E-state index contributed by atoms with van der Waals surface area (Å²) >= 11 is 3.48. The third kappa shape index (κ3) is 3.34. The van der Waals surface area contributed by atoms with Crippen molar-refractivity contribution in [3.63, 3.8) is 0 Å². The Morgan fingerprint density at radius 2 is 1.62 bits per heavy atom. The highest BCUT2D eigenvalue weighted by atomic mass is 79.9. The van der Waals surface area contributed by atoms with Gasteiger partial charge in [-0.1, -0.05) is 70.5 Å². The van der Waals surface area contributed by atoms with Gasteiger partial charge in [0.25, 0.3) is 0 Å². The molecule has 21 heavy (non-hydrogen) atoms. The molecule has 1 N–H and O–H groups in total. The molecule has 3 aromatic carbocycles. The Hall–Kier alpha value is -1.64. The van der Waals surface area contributed by atoms with Gasteiger partial charge in [0.15, 0.2) is 0 Å². The predicted molar refractivity (Wildman–Crippen MR) is 93.3 cm³/mol. The van der Waals surface area contributed by atoms with Crippen molar-refractivity contribution in [2.75, 3.05) is 0 Å². The van der Waals surface area contributed by atoms with Gasteiger partial charge >= 0.3 is 0 Å². The highest BCUT2D eigenvalue weighted by molar-refractivity contribution is 9.10. The van der Waals surface area contributed by atoms with Crippen molar-refractivity contribution in [2.24, 2.45) is 0 Å². The van der Waals surface area contributed by atoms with E-state index in [9.17, 15) is 0 Å². The molecule has 1 nitrogen and oxygen atoms in total. The van der Waals surface area contributed by atoms with Crippen LogP contribution < -0.4 is 5.32 Å². The summed E-state index contributed by atoms with van der Waals surface area (Å²) in [7, 11) is 0. The first-order valence-corrected chi connectivity index (χ1v) is 7.99. The average molecular weight is 340 g/mol. The van der Waals surface area contributed by atoms with Crippen molar-refractivity contribution >= 4 is 26.7 Å². The van der Waals surface area contributed by atoms with Crippen molar-refractivity contribution in [2.45, 2.75) is 19.5 Å². The Morgan fingerprint density at radius 1 is 0.905 bits per heavy atom. The SMILES string of the molecule is C[C@@H](NCc1cccc2ccccc12)c1ccc(Br)cc1. The Balaban J connectivity index is 1.76. The summed E-state index contributed by atoms with van der Waals surface area (Å²) in [5.74, 6) is 0. The van der Waals surface area contributed by atoms with Gasteiger partial charge in [-0.05, 0) is 41.0 Å². The van der Waals surface area contributed by atoms with E-state index in [4.69, 9.17) is 0 Å². The Kier molecular flexibility index (Phi) is 4.37. The molecule has 0 aliphatic carbocycles. The zero-order chi connectivity index (χ0) is 14.7. The first-order chi connectivity index (χ1) is 10.2. The highest BCUT2D eigenvalue weighted by Gasteiger charge is 2.06. The van der Waals surface area contributed by atoms with Crippen LogP contribution in [-0.2, 0) is 6.54 Å². The maximum Gasteiger partial charge on any atom is 0.0294 e. The first kappa shape index (κ1) is 14.3. The van der Waals surface area contributed by atoms with Crippen LogP contribution in [0.3, 0.4) is 0 Å². The summed E-state index contributed by atoms with van der Waals surface area (Å²) in [6.45, 7) is 3.08. The second-order valence-electron chi connectivity index (χ2n) is 5.29. The molecule has 0 aliphatic rings. The van der Waals surface area contributed by atoms with Crippen molar-refractivity contribution in [3.8, 4) is 0 Å². The van der Waals surface area contributed by atoms with Crippen LogP contribution in [0.5, 0.6) is 0 Å². The third-order valence-corrected chi connectivity index (χ3v) is 4.38. The van der Waals surface area contributed by atoms with E-state index in [-0.39, 0.29) is 0 Å². The van der Waals surface area contributed by atoms with Crippen LogP contribution >= 0.6 is 15.9 Å². The van der Waals surface area contributed by atoms with Gasteiger partial charge in [0.1, 0.15) is 0 Å². The zero-order valence-electron chi connectivity index (χ0n) is 12.0. The summed E-state index contributed by atoms with van der Waals surface area (Å²) in [6, 6.07) is 23.9. The summed E-state index contributed by atoms with van der Waals surface area (Å²) in [5.41, 5.74) is 2.65. The van der Waals surface area contributed by atoms with Gasteiger partial charge in [-0.3, -0.25) is 0 Å². The van der Waals surface area contributed by atoms with Gasteiger partial charge in [-0.2, -0.15) is 0 Å². The van der Waals surface area contributed by atoms with E-state index in [1.165, 1.54) is 21.9 Å². The normalized spacial score (nSPS) is 12.5. The number of rotatable bonds is 4. The molecule has 2 heteroatoms. The largest absolute Gasteiger partial charge is 0.306 e. The van der Waals surface area contributed by atoms with Crippen molar-refractivity contribution in [3.05, 3.63) is 82.3 Å². The van der Waals surface area contributed by atoms with Crippen molar-refractivity contribution < 1.29 is 0 Å². The van der Waals surface area contributed by atoms with Crippen LogP contribution in [0.2, 0.25) is 0 Å². The van der Waals surface area contributed by atoms with Crippen LogP contribution in [0.15, 0.2) is 71.2 Å². The highest BCUT2D eigenvalue weighted by Crippen LogP contribution is 2.20. The monoisotopic (exact) mass is 339 g/mol. The minimum atomic E-state index is 0.331. The summed E-state index contributed by atoms with van der Waals surface area (Å²) < 4.78 is 1.12. The average Bonchev–Trinajstić information content (AvgIpc) is 2.53. The maximum absolute atomic E-state index is 3.61. The topological polar surface area (TPSA) is 12.0 Å². The lowest BCUT2D eigenvalue weighted by molar-refractivity contribution is 0.576. The van der Waals surface area contributed by atoms with Gasteiger partial charge in [-0.25, -0.2) is 0 Å². The van der Waals surface area contributed by atoms with E-state index in [0.29, 0.717) is 6.04 Å². The Bertz CT molecular complexity index is 729. The van der Waals surface area contributed by atoms with Crippen molar-refractivity contribution in [1.29, 1.82) is 0 Å². The van der Waals surface area contributed by atoms with Crippen LogP contribution in [-0.4, -0.2) is 0 Å². The van der Waals surface area contributed by atoms with Gasteiger partial charge < -0.3 is 5.32 Å². The molecule has 0 radical (unpaired) electrons. The van der Waals surface area contributed by atoms with Crippen LogP contribution in [0.25, 0.3) is 10.8 Å². The van der Waals surface area contributed by atoms with E-state index < -0.39 is 0 Å². The number of hydrogen-bond donors (Lipinski definition) is 1. The molecule has 0 aromatic heterocycles. The first-order valence-electron chi connectivity index (χ1n) is 7.19. The maximum atomic E-state index is 3.61. The second kappa shape index (κ2) is 6.42. The zero-order valence-corrected chi connectivity index (χ0v) is 13.6. The fourth-order valence-corrected chi connectivity index (χ4v) is 2.84.